The van der Waals surface area contributed by atoms with E-state index in [2.05, 4.69) is 38.1 Å². The van der Waals surface area contributed by atoms with Crippen molar-refractivity contribution in [2.24, 2.45) is 0 Å². The summed E-state index contributed by atoms with van der Waals surface area (Å²) in [5, 5.41) is 3.34. The van der Waals surface area contributed by atoms with Gasteiger partial charge in [0.2, 0.25) is 0 Å². The van der Waals surface area contributed by atoms with E-state index in [0.29, 0.717) is 6.61 Å². The van der Waals surface area contributed by atoms with E-state index in [-0.39, 0.29) is 0 Å². The van der Waals surface area contributed by atoms with Crippen LogP contribution in [0, 0.1) is 0 Å². The number of hydrogen-bond acceptors (Lipinski definition) is 4. The summed E-state index contributed by atoms with van der Waals surface area (Å²) in [5.41, 5.74) is 2.77. The van der Waals surface area contributed by atoms with E-state index in [9.17, 15) is 0 Å². The van der Waals surface area contributed by atoms with Crippen molar-refractivity contribution >= 4 is 32.7 Å². The molecule has 2 aromatic heterocycles. The van der Waals surface area contributed by atoms with Gasteiger partial charge in [0, 0.05) is 30.0 Å². The summed E-state index contributed by atoms with van der Waals surface area (Å²) in [5.74, 6) is 0. The molecule has 0 saturated carbocycles. The minimum atomic E-state index is 0.709. The first-order chi connectivity index (χ1) is 9.31. The zero-order valence-corrected chi connectivity index (χ0v) is 12.6. The second kappa shape index (κ2) is 7.40. The minimum absolute atomic E-state index is 0.709. The van der Waals surface area contributed by atoms with Crippen molar-refractivity contribution in [2.75, 3.05) is 25.1 Å². The van der Waals surface area contributed by atoms with E-state index in [1.54, 1.807) is 12.4 Å². The predicted octanol–water partition coefficient (Wildman–Crippen LogP) is 3.62. The molecule has 0 radical (unpaired) electrons. The second-order valence-corrected chi connectivity index (χ2v) is 5.19. The third kappa shape index (κ3) is 4.14. The molecule has 0 bridgehead atoms. The Balaban J connectivity index is 1.93. The molecule has 19 heavy (non-hydrogen) atoms. The largest absolute Gasteiger partial charge is 0.381 e. The summed E-state index contributed by atoms with van der Waals surface area (Å²) in [7, 11) is 0. The number of pyridine rings is 2. The highest BCUT2D eigenvalue weighted by atomic mass is 79.9. The molecular formula is C14H18BrN3O. The molecule has 0 aliphatic heterocycles. The Morgan fingerprint density at radius 1 is 1.32 bits per heavy atom. The molecular weight excluding hydrogens is 306 g/mol. The Hall–Kier alpha value is -1.20. The SMILES string of the molecule is CCCCOCCNc1ccnc2cc(Br)cnc12. The van der Waals surface area contributed by atoms with Gasteiger partial charge in [-0.2, -0.15) is 0 Å². The zero-order chi connectivity index (χ0) is 13.5. The summed E-state index contributed by atoms with van der Waals surface area (Å²) < 4.78 is 6.46. The number of anilines is 1. The third-order valence-corrected chi connectivity index (χ3v) is 3.18. The maximum atomic E-state index is 5.52. The molecule has 2 aromatic rings. The highest BCUT2D eigenvalue weighted by Crippen LogP contribution is 2.21. The number of unbranched alkanes of at least 4 members (excludes halogenated alkanes) is 1. The molecule has 0 atom stereocenters. The number of aromatic nitrogens is 2. The van der Waals surface area contributed by atoms with Crippen LogP contribution in [0.4, 0.5) is 5.69 Å². The van der Waals surface area contributed by atoms with Crippen molar-refractivity contribution in [3.8, 4) is 0 Å². The van der Waals surface area contributed by atoms with Crippen molar-refractivity contribution in [3.63, 3.8) is 0 Å². The van der Waals surface area contributed by atoms with E-state index in [4.69, 9.17) is 4.74 Å². The topological polar surface area (TPSA) is 47.0 Å². The van der Waals surface area contributed by atoms with Gasteiger partial charge in [-0.1, -0.05) is 13.3 Å². The Bertz CT molecular complexity index is 533. The Morgan fingerprint density at radius 2 is 2.21 bits per heavy atom. The lowest BCUT2D eigenvalue weighted by Gasteiger charge is -2.09. The predicted molar refractivity (Wildman–Crippen MR) is 81.5 cm³/mol. The molecule has 0 aliphatic rings. The number of hydrogen-bond donors (Lipinski definition) is 1. The maximum absolute atomic E-state index is 5.52. The fourth-order valence-electron chi connectivity index (χ4n) is 1.75. The van der Waals surface area contributed by atoms with E-state index >= 15 is 0 Å². The van der Waals surface area contributed by atoms with Gasteiger partial charge in [-0.15, -0.1) is 0 Å². The van der Waals surface area contributed by atoms with Gasteiger partial charge < -0.3 is 10.1 Å². The molecule has 5 heteroatoms. The summed E-state index contributed by atoms with van der Waals surface area (Å²) >= 11 is 3.40. The standard InChI is InChI=1S/C14H18BrN3O/c1-2-3-7-19-8-6-17-12-4-5-16-13-9-11(15)10-18-14(12)13/h4-5,9-10H,2-3,6-8H2,1H3,(H,16,17). The molecule has 1 N–H and O–H groups in total. The lowest BCUT2D eigenvalue weighted by molar-refractivity contribution is 0.141. The van der Waals surface area contributed by atoms with Crippen molar-refractivity contribution in [1.29, 1.82) is 0 Å². The molecule has 102 valence electrons. The molecule has 2 rings (SSSR count). The first kappa shape index (κ1) is 14.2. The Labute approximate surface area is 121 Å². The Kier molecular flexibility index (Phi) is 5.54. The normalized spacial score (nSPS) is 10.8. The lowest BCUT2D eigenvalue weighted by Crippen LogP contribution is -2.10. The first-order valence-corrected chi connectivity index (χ1v) is 7.32. The van der Waals surface area contributed by atoms with Crippen LogP contribution in [0.1, 0.15) is 19.8 Å². The van der Waals surface area contributed by atoms with E-state index in [1.807, 2.05) is 12.1 Å². The minimum Gasteiger partial charge on any atom is -0.381 e. The van der Waals surface area contributed by atoms with Crippen molar-refractivity contribution in [2.45, 2.75) is 19.8 Å². The summed E-state index contributed by atoms with van der Waals surface area (Å²) in [4.78, 5) is 8.70. The van der Waals surface area contributed by atoms with Crippen molar-refractivity contribution < 1.29 is 4.74 Å². The highest BCUT2D eigenvalue weighted by Gasteiger charge is 2.03. The number of ether oxygens (including phenoxy) is 1. The molecule has 0 spiro atoms. The molecule has 0 unspecified atom stereocenters. The summed E-state index contributed by atoms with van der Waals surface area (Å²) in [6.45, 7) is 4.48. The number of halogens is 1. The van der Waals surface area contributed by atoms with E-state index in [0.717, 1.165) is 40.8 Å². The highest BCUT2D eigenvalue weighted by molar-refractivity contribution is 9.10. The van der Waals surface area contributed by atoms with Crippen LogP contribution >= 0.6 is 15.9 Å². The van der Waals surface area contributed by atoms with Gasteiger partial charge in [-0.05, 0) is 34.5 Å². The van der Waals surface area contributed by atoms with Gasteiger partial charge in [-0.3, -0.25) is 9.97 Å². The van der Waals surface area contributed by atoms with Crippen LogP contribution in [0.3, 0.4) is 0 Å². The average molecular weight is 324 g/mol. The molecule has 0 aliphatic carbocycles. The van der Waals surface area contributed by atoms with Gasteiger partial charge in [0.25, 0.3) is 0 Å². The van der Waals surface area contributed by atoms with E-state index in [1.165, 1.54) is 6.42 Å². The van der Waals surface area contributed by atoms with Gasteiger partial charge in [0.05, 0.1) is 17.8 Å². The van der Waals surface area contributed by atoms with Crippen LogP contribution in [0.15, 0.2) is 29.0 Å². The average Bonchev–Trinajstić information content (AvgIpc) is 2.42. The fourth-order valence-corrected chi connectivity index (χ4v) is 2.07. The monoisotopic (exact) mass is 323 g/mol. The van der Waals surface area contributed by atoms with Gasteiger partial charge in [0.1, 0.15) is 5.52 Å². The number of nitrogens with one attached hydrogen (secondary N) is 1. The van der Waals surface area contributed by atoms with Gasteiger partial charge in [-0.25, -0.2) is 0 Å². The third-order valence-electron chi connectivity index (χ3n) is 2.75. The van der Waals surface area contributed by atoms with Crippen molar-refractivity contribution in [3.05, 3.63) is 29.0 Å². The molecule has 0 aromatic carbocycles. The van der Waals surface area contributed by atoms with Gasteiger partial charge >= 0.3 is 0 Å². The lowest BCUT2D eigenvalue weighted by atomic mass is 10.3. The number of rotatable bonds is 7. The Morgan fingerprint density at radius 3 is 3.05 bits per heavy atom. The quantitative estimate of drug-likeness (QED) is 0.790. The van der Waals surface area contributed by atoms with Crippen LogP contribution in [-0.4, -0.2) is 29.7 Å². The molecule has 4 nitrogen and oxygen atoms in total. The molecule has 0 saturated heterocycles. The van der Waals surface area contributed by atoms with Crippen LogP contribution in [-0.2, 0) is 4.74 Å². The first-order valence-electron chi connectivity index (χ1n) is 6.53. The molecule has 2 heterocycles. The van der Waals surface area contributed by atoms with Crippen LogP contribution in [0.2, 0.25) is 0 Å². The summed E-state index contributed by atoms with van der Waals surface area (Å²) in [6, 6.07) is 3.90. The number of nitrogens with zero attached hydrogens (tertiary/aromatic N) is 2. The van der Waals surface area contributed by atoms with E-state index < -0.39 is 0 Å². The van der Waals surface area contributed by atoms with Crippen molar-refractivity contribution in [1.82, 2.24) is 9.97 Å². The summed E-state index contributed by atoms with van der Waals surface area (Å²) in [6.07, 6.45) is 5.86. The van der Waals surface area contributed by atoms with Crippen LogP contribution in [0.5, 0.6) is 0 Å². The van der Waals surface area contributed by atoms with Gasteiger partial charge in [0.15, 0.2) is 0 Å². The van der Waals surface area contributed by atoms with Crippen LogP contribution in [0.25, 0.3) is 11.0 Å². The maximum Gasteiger partial charge on any atom is 0.112 e. The smallest absolute Gasteiger partial charge is 0.112 e. The molecule has 0 fully saturated rings. The second-order valence-electron chi connectivity index (χ2n) is 4.27. The van der Waals surface area contributed by atoms with Crippen LogP contribution < -0.4 is 5.32 Å². The molecule has 0 amide bonds. The fraction of sp³-hybridized carbons (Fsp3) is 0.429. The number of fused-ring (bicyclic) bond motifs is 1. The zero-order valence-electron chi connectivity index (χ0n) is 11.0.